The number of benzene rings is 1. The Labute approximate surface area is 134 Å². The summed E-state index contributed by atoms with van der Waals surface area (Å²) in [6.07, 6.45) is 4.84. The molecular formula is C18H17N3S. The van der Waals surface area contributed by atoms with Gasteiger partial charge in [-0.25, -0.2) is 0 Å². The Kier molecular flexibility index (Phi) is 3.31. The third-order valence-electron chi connectivity index (χ3n) is 4.12. The summed E-state index contributed by atoms with van der Waals surface area (Å²) in [7, 11) is 0. The van der Waals surface area contributed by atoms with Gasteiger partial charge in [0.15, 0.2) is 0 Å². The molecule has 0 radical (unpaired) electrons. The molecule has 0 fully saturated rings. The van der Waals surface area contributed by atoms with Gasteiger partial charge in [-0.1, -0.05) is 18.2 Å². The lowest BCUT2D eigenvalue weighted by molar-refractivity contribution is 0.743. The van der Waals surface area contributed by atoms with Gasteiger partial charge >= 0.3 is 0 Å². The van der Waals surface area contributed by atoms with Gasteiger partial charge in [-0.05, 0) is 36.2 Å². The Balaban J connectivity index is 1.65. The molecule has 0 atom stereocenters. The predicted molar refractivity (Wildman–Crippen MR) is 93.2 cm³/mol. The van der Waals surface area contributed by atoms with Crippen LogP contribution in [-0.2, 0) is 13.0 Å². The number of hydrogen-bond acceptors (Lipinski definition) is 4. The van der Waals surface area contributed by atoms with E-state index in [4.69, 9.17) is 5.73 Å². The molecule has 110 valence electrons. The number of fused-ring (bicyclic) bond motifs is 1. The smallest absolute Gasteiger partial charge is 0.0556 e. The molecule has 0 spiro atoms. The molecule has 0 amide bonds. The molecular weight excluding hydrogens is 290 g/mol. The molecule has 0 saturated heterocycles. The Bertz CT molecular complexity index is 795. The Morgan fingerprint density at radius 1 is 1.14 bits per heavy atom. The lowest BCUT2D eigenvalue weighted by Crippen LogP contribution is -2.29. The second-order valence-electron chi connectivity index (χ2n) is 5.53. The van der Waals surface area contributed by atoms with E-state index in [9.17, 15) is 0 Å². The molecule has 3 aromatic rings. The number of anilines is 2. The molecule has 1 aromatic carbocycles. The maximum atomic E-state index is 6.12. The van der Waals surface area contributed by atoms with Crippen molar-refractivity contribution in [2.24, 2.45) is 0 Å². The van der Waals surface area contributed by atoms with Gasteiger partial charge < -0.3 is 10.6 Å². The van der Waals surface area contributed by atoms with E-state index >= 15 is 0 Å². The molecule has 0 unspecified atom stereocenters. The minimum absolute atomic E-state index is 0.852. The van der Waals surface area contributed by atoms with Gasteiger partial charge in [0, 0.05) is 33.7 Å². The molecule has 2 aromatic heterocycles. The summed E-state index contributed by atoms with van der Waals surface area (Å²) in [6.45, 7) is 2.00. The Morgan fingerprint density at radius 3 is 2.86 bits per heavy atom. The Morgan fingerprint density at radius 2 is 2.05 bits per heavy atom. The molecule has 22 heavy (non-hydrogen) atoms. The summed E-state index contributed by atoms with van der Waals surface area (Å²) in [5.74, 6) is 0. The van der Waals surface area contributed by atoms with Crippen molar-refractivity contribution in [3.63, 3.8) is 0 Å². The van der Waals surface area contributed by atoms with Crippen LogP contribution in [0.1, 0.15) is 10.4 Å². The van der Waals surface area contributed by atoms with Crippen LogP contribution in [0.3, 0.4) is 0 Å². The molecule has 0 saturated carbocycles. The van der Waals surface area contributed by atoms with Crippen LogP contribution in [0.2, 0.25) is 0 Å². The van der Waals surface area contributed by atoms with Gasteiger partial charge in [0.05, 0.1) is 18.4 Å². The fraction of sp³-hybridized carbons (Fsp3) is 0.167. The van der Waals surface area contributed by atoms with Gasteiger partial charge in [0.2, 0.25) is 0 Å². The van der Waals surface area contributed by atoms with Crippen LogP contribution >= 0.6 is 11.3 Å². The number of nitrogens with zero attached hydrogens (tertiary/aromatic N) is 2. The minimum Gasteiger partial charge on any atom is -0.398 e. The first-order chi connectivity index (χ1) is 10.8. The number of nitrogen functional groups attached to an aromatic ring is 1. The number of pyridine rings is 1. The van der Waals surface area contributed by atoms with Crippen LogP contribution < -0.4 is 10.6 Å². The van der Waals surface area contributed by atoms with Gasteiger partial charge in [-0.3, -0.25) is 4.98 Å². The molecule has 1 aliphatic heterocycles. The van der Waals surface area contributed by atoms with Crippen molar-refractivity contribution in [1.29, 1.82) is 0 Å². The Hall–Kier alpha value is -2.33. The second-order valence-corrected chi connectivity index (χ2v) is 6.67. The zero-order valence-corrected chi connectivity index (χ0v) is 13.0. The zero-order chi connectivity index (χ0) is 14.9. The first-order valence-corrected chi connectivity index (χ1v) is 8.24. The van der Waals surface area contributed by atoms with E-state index in [1.807, 2.05) is 48.0 Å². The van der Waals surface area contributed by atoms with E-state index in [0.717, 1.165) is 30.8 Å². The van der Waals surface area contributed by atoms with E-state index in [1.54, 1.807) is 0 Å². The first-order valence-electron chi connectivity index (χ1n) is 7.43. The van der Waals surface area contributed by atoms with Gasteiger partial charge in [-0.15, -0.1) is 11.3 Å². The number of aromatic nitrogens is 1. The summed E-state index contributed by atoms with van der Waals surface area (Å²) < 4.78 is 0. The molecule has 0 aliphatic carbocycles. The molecule has 0 bridgehead atoms. The topological polar surface area (TPSA) is 42.1 Å². The number of nitrogens with two attached hydrogens (primary N) is 1. The summed E-state index contributed by atoms with van der Waals surface area (Å²) in [5.41, 5.74) is 10.8. The highest BCUT2D eigenvalue weighted by Gasteiger charge is 2.20. The van der Waals surface area contributed by atoms with Crippen molar-refractivity contribution in [3.8, 4) is 10.4 Å². The highest BCUT2D eigenvalue weighted by molar-refractivity contribution is 7.15. The number of thiophene rings is 1. The lowest BCUT2D eigenvalue weighted by Gasteiger charge is -2.28. The van der Waals surface area contributed by atoms with Crippen LogP contribution in [0.25, 0.3) is 10.4 Å². The third kappa shape index (κ3) is 2.35. The fourth-order valence-corrected chi connectivity index (χ4v) is 4.21. The maximum absolute atomic E-state index is 6.12. The van der Waals surface area contributed by atoms with Crippen LogP contribution in [0, 0.1) is 0 Å². The van der Waals surface area contributed by atoms with Crippen LogP contribution in [0.15, 0.2) is 54.9 Å². The van der Waals surface area contributed by atoms with Gasteiger partial charge in [0.25, 0.3) is 0 Å². The highest BCUT2D eigenvalue weighted by atomic mass is 32.1. The lowest BCUT2D eigenvalue weighted by atomic mass is 10.1. The summed E-state index contributed by atoms with van der Waals surface area (Å²) in [4.78, 5) is 9.33. The maximum Gasteiger partial charge on any atom is 0.0556 e. The predicted octanol–water partition coefficient (Wildman–Crippen LogP) is 3.96. The fourth-order valence-electron chi connectivity index (χ4n) is 2.94. The van der Waals surface area contributed by atoms with Crippen molar-refractivity contribution in [2.75, 3.05) is 17.2 Å². The third-order valence-corrected chi connectivity index (χ3v) is 5.31. The van der Waals surface area contributed by atoms with Crippen molar-refractivity contribution < 1.29 is 0 Å². The van der Waals surface area contributed by atoms with E-state index in [2.05, 4.69) is 28.1 Å². The average molecular weight is 307 g/mol. The molecule has 4 rings (SSSR count). The first kappa shape index (κ1) is 13.3. The summed E-state index contributed by atoms with van der Waals surface area (Å²) >= 11 is 1.86. The van der Waals surface area contributed by atoms with Crippen LogP contribution in [0.5, 0.6) is 0 Å². The molecule has 3 nitrogen and oxygen atoms in total. The quantitative estimate of drug-likeness (QED) is 0.729. The SMILES string of the molecule is Nc1ccccc1-c1cc2c(s1)CN(c1cccnc1)CC2. The number of rotatable bonds is 2. The largest absolute Gasteiger partial charge is 0.398 e. The molecule has 1 aliphatic rings. The summed E-state index contributed by atoms with van der Waals surface area (Å²) in [5, 5.41) is 0. The van der Waals surface area contributed by atoms with Crippen molar-refractivity contribution in [1.82, 2.24) is 4.98 Å². The molecule has 3 heterocycles. The highest BCUT2D eigenvalue weighted by Crippen LogP contribution is 2.37. The van der Waals surface area contributed by atoms with Crippen molar-refractivity contribution >= 4 is 22.7 Å². The zero-order valence-electron chi connectivity index (χ0n) is 12.2. The number of hydrogen-bond donors (Lipinski definition) is 1. The van der Waals surface area contributed by atoms with Crippen molar-refractivity contribution in [2.45, 2.75) is 13.0 Å². The van der Waals surface area contributed by atoms with Crippen LogP contribution in [0.4, 0.5) is 11.4 Å². The van der Waals surface area contributed by atoms with Gasteiger partial charge in [0.1, 0.15) is 0 Å². The normalized spacial score (nSPS) is 13.9. The number of para-hydroxylation sites is 1. The van der Waals surface area contributed by atoms with Crippen molar-refractivity contribution in [3.05, 3.63) is 65.3 Å². The van der Waals surface area contributed by atoms with Crippen LogP contribution in [-0.4, -0.2) is 11.5 Å². The average Bonchev–Trinajstić information content (AvgIpc) is 2.99. The van der Waals surface area contributed by atoms with E-state index < -0.39 is 0 Å². The van der Waals surface area contributed by atoms with Gasteiger partial charge in [-0.2, -0.15) is 0 Å². The minimum atomic E-state index is 0.852. The monoisotopic (exact) mass is 307 g/mol. The van der Waals surface area contributed by atoms with E-state index in [0.29, 0.717) is 0 Å². The van der Waals surface area contributed by atoms with E-state index in [-0.39, 0.29) is 0 Å². The second kappa shape index (κ2) is 5.46. The standard InChI is InChI=1S/C18H17N3S/c19-16-6-2-1-5-15(16)17-10-13-7-9-21(12-18(13)22-17)14-4-3-8-20-11-14/h1-6,8,10-11H,7,9,12,19H2. The molecule has 2 N–H and O–H groups in total. The van der Waals surface area contributed by atoms with E-state index in [1.165, 1.54) is 21.0 Å². The molecule has 4 heteroatoms. The summed E-state index contributed by atoms with van der Waals surface area (Å²) in [6, 6.07) is 14.5.